The first-order valence-electron chi connectivity index (χ1n) is 6.86. The van der Waals surface area contributed by atoms with Gasteiger partial charge in [-0.15, -0.1) is 0 Å². The summed E-state index contributed by atoms with van der Waals surface area (Å²) < 4.78 is 2.91. The van der Waals surface area contributed by atoms with Crippen molar-refractivity contribution in [3.05, 3.63) is 40.0 Å². The molecule has 2 aromatic rings. The standard InChI is InChI=1S/C15H21BrN4/c1-4-5-13-14(17)15(20(3)19-13)18-10(2)11-6-8-12(16)9-7-11/h6-10,18H,4-5,17H2,1-3H3. The van der Waals surface area contributed by atoms with Gasteiger partial charge in [0.15, 0.2) is 0 Å². The lowest BCUT2D eigenvalue weighted by molar-refractivity contribution is 0.725. The van der Waals surface area contributed by atoms with Crippen LogP contribution in [0.5, 0.6) is 0 Å². The Labute approximate surface area is 128 Å². The van der Waals surface area contributed by atoms with Gasteiger partial charge < -0.3 is 11.1 Å². The number of nitrogens with zero attached hydrogens (tertiary/aromatic N) is 2. The SMILES string of the molecule is CCCc1nn(C)c(NC(C)c2ccc(Br)cc2)c1N. The fraction of sp³-hybridized carbons (Fsp3) is 0.400. The van der Waals surface area contributed by atoms with E-state index in [2.05, 4.69) is 52.3 Å². The molecule has 0 amide bonds. The predicted molar refractivity (Wildman–Crippen MR) is 87.8 cm³/mol. The van der Waals surface area contributed by atoms with E-state index in [-0.39, 0.29) is 6.04 Å². The number of aromatic nitrogens is 2. The Morgan fingerprint density at radius 3 is 2.60 bits per heavy atom. The van der Waals surface area contributed by atoms with E-state index in [0.717, 1.165) is 34.5 Å². The molecule has 0 spiro atoms. The van der Waals surface area contributed by atoms with Crippen molar-refractivity contribution in [1.82, 2.24) is 9.78 Å². The number of hydrogen-bond donors (Lipinski definition) is 2. The molecule has 1 atom stereocenters. The molecule has 0 bridgehead atoms. The van der Waals surface area contributed by atoms with Gasteiger partial charge in [-0.25, -0.2) is 0 Å². The van der Waals surface area contributed by atoms with Gasteiger partial charge in [0, 0.05) is 11.5 Å². The van der Waals surface area contributed by atoms with E-state index >= 15 is 0 Å². The largest absolute Gasteiger partial charge is 0.394 e. The van der Waals surface area contributed by atoms with Gasteiger partial charge in [0.1, 0.15) is 5.82 Å². The molecular formula is C15H21BrN4. The van der Waals surface area contributed by atoms with Crippen LogP contribution in [0.2, 0.25) is 0 Å². The molecule has 0 fully saturated rings. The molecule has 1 aromatic carbocycles. The minimum atomic E-state index is 0.176. The molecule has 0 radical (unpaired) electrons. The van der Waals surface area contributed by atoms with Gasteiger partial charge in [-0.1, -0.05) is 41.4 Å². The van der Waals surface area contributed by atoms with Gasteiger partial charge in [0.05, 0.1) is 17.4 Å². The number of aryl methyl sites for hydroxylation is 2. The molecule has 0 aliphatic rings. The minimum Gasteiger partial charge on any atom is -0.394 e. The average molecular weight is 337 g/mol. The highest BCUT2D eigenvalue weighted by Gasteiger charge is 2.15. The zero-order valence-corrected chi connectivity index (χ0v) is 13.7. The van der Waals surface area contributed by atoms with Crippen LogP contribution >= 0.6 is 15.9 Å². The van der Waals surface area contributed by atoms with Crippen LogP contribution in [-0.2, 0) is 13.5 Å². The van der Waals surface area contributed by atoms with Crippen molar-refractivity contribution < 1.29 is 0 Å². The molecule has 4 nitrogen and oxygen atoms in total. The summed E-state index contributed by atoms with van der Waals surface area (Å²) in [6, 6.07) is 8.46. The van der Waals surface area contributed by atoms with Crippen molar-refractivity contribution >= 4 is 27.4 Å². The zero-order valence-electron chi connectivity index (χ0n) is 12.2. The molecule has 1 aromatic heterocycles. The first-order chi connectivity index (χ1) is 9.52. The van der Waals surface area contributed by atoms with E-state index in [1.807, 2.05) is 23.9 Å². The number of rotatable bonds is 5. The van der Waals surface area contributed by atoms with Crippen molar-refractivity contribution in [2.75, 3.05) is 11.1 Å². The van der Waals surface area contributed by atoms with E-state index in [9.17, 15) is 0 Å². The van der Waals surface area contributed by atoms with Gasteiger partial charge in [-0.3, -0.25) is 4.68 Å². The molecule has 0 saturated carbocycles. The highest BCUT2D eigenvalue weighted by Crippen LogP contribution is 2.27. The molecule has 0 aliphatic carbocycles. The second kappa shape index (κ2) is 6.31. The first-order valence-corrected chi connectivity index (χ1v) is 7.65. The highest BCUT2D eigenvalue weighted by atomic mass is 79.9. The Hall–Kier alpha value is -1.49. The van der Waals surface area contributed by atoms with Crippen LogP contribution in [0, 0.1) is 0 Å². The zero-order chi connectivity index (χ0) is 14.7. The van der Waals surface area contributed by atoms with E-state index in [0.29, 0.717) is 0 Å². The van der Waals surface area contributed by atoms with Crippen molar-refractivity contribution in [2.24, 2.45) is 7.05 Å². The van der Waals surface area contributed by atoms with Gasteiger partial charge in [0.2, 0.25) is 0 Å². The molecule has 1 unspecified atom stereocenters. The summed E-state index contributed by atoms with van der Waals surface area (Å²) in [6.07, 6.45) is 1.96. The van der Waals surface area contributed by atoms with Gasteiger partial charge in [-0.05, 0) is 31.0 Å². The summed E-state index contributed by atoms with van der Waals surface area (Å²) in [5.41, 5.74) is 9.14. The maximum absolute atomic E-state index is 6.19. The van der Waals surface area contributed by atoms with Gasteiger partial charge in [0.25, 0.3) is 0 Å². The topological polar surface area (TPSA) is 55.9 Å². The average Bonchev–Trinajstić information content (AvgIpc) is 2.68. The van der Waals surface area contributed by atoms with E-state index in [1.165, 1.54) is 5.56 Å². The van der Waals surface area contributed by atoms with Crippen LogP contribution in [0.3, 0.4) is 0 Å². The Bertz CT molecular complexity index is 574. The third-order valence-electron chi connectivity index (χ3n) is 3.37. The van der Waals surface area contributed by atoms with Crippen LogP contribution in [0.4, 0.5) is 11.5 Å². The number of benzene rings is 1. The van der Waals surface area contributed by atoms with Crippen molar-refractivity contribution in [3.63, 3.8) is 0 Å². The summed E-state index contributed by atoms with van der Waals surface area (Å²) in [4.78, 5) is 0. The fourth-order valence-corrected chi connectivity index (χ4v) is 2.49. The van der Waals surface area contributed by atoms with Crippen LogP contribution < -0.4 is 11.1 Å². The molecule has 108 valence electrons. The molecule has 20 heavy (non-hydrogen) atoms. The summed E-state index contributed by atoms with van der Waals surface area (Å²) in [5.74, 6) is 0.892. The summed E-state index contributed by atoms with van der Waals surface area (Å²) in [5, 5.41) is 7.94. The normalized spacial score (nSPS) is 12.4. The molecule has 1 heterocycles. The maximum Gasteiger partial charge on any atom is 0.148 e. The molecule has 0 aliphatic heterocycles. The van der Waals surface area contributed by atoms with E-state index < -0.39 is 0 Å². The number of anilines is 2. The number of hydrogen-bond acceptors (Lipinski definition) is 3. The molecule has 0 saturated heterocycles. The van der Waals surface area contributed by atoms with Crippen LogP contribution in [0.1, 0.15) is 37.6 Å². The van der Waals surface area contributed by atoms with Crippen LogP contribution in [0.25, 0.3) is 0 Å². The minimum absolute atomic E-state index is 0.176. The van der Waals surface area contributed by atoms with E-state index in [1.54, 1.807) is 0 Å². The quantitative estimate of drug-likeness (QED) is 0.870. The van der Waals surface area contributed by atoms with Gasteiger partial charge in [-0.2, -0.15) is 5.10 Å². The number of nitrogens with two attached hydrogens (primary N) is 1. The third kappa shape index (κ3) is 3.15. The Kier molecular flexibility index (Phi) is 4.70. The van der Waals surface area contributed by atoms with Crippen LogP contribution in [0.15, 0.2) is 28.7 Å². The number of nitrogens with one attached hydrogen (secondary N) is 1. The summed E-state index contributed by atoms with van der Waals surface area (Å²) in [6.45, 7) is 4.25. The summed E-state index contributed by atoms with van der Waals surface area (Å²) >= 11 is 3.45. The van der Waals surface area contributed by atoms with E-state index in [4.69, 9.17) is 5.73 Å². The van der Waals surface area contributed by atoms with Crippen molar-refractivity contribution in [1.29, 1.82) is 0 Å². The Morgan fingerprint density at radius 1 is 1.35 bits per heavy atom. The lowest BCUT2D eigenvalue weighted by Crippen LogP contribution is -2.11. The first kappa shape index (κ1) is 14.9. The maximum atomic E-state index is 6.19. The van der Waals surface area contributed by atoms with Crippen molar-refractivity contribution in [2.45, 2.75) is 32.7 Å². The molecule has 3 N–H and O–H groups in total. The fourth-order valence-electron chi connectivity index (χ4n) is 2.23. The van der Waals surface area contributed by atoms with Gasteiger partial charge >= 0.3 is 0 Å². The second-order valence-electron chi connectivity index (χ2n) is 5.00. The lowest BCUT2D eigenvalue weighted by atomic mass is 10.1. The van der Waals surface area contributed by atoms with Crippen molar-refractivity contribution in [3.8, 4) is 0 Å². The third-order valence-corrected chi connectivity index (χ3v) is 3.90. The Morgan fingerprint density at radius 2 is 2.00 bits per heavy atom. The highest BCUT2D eigenvalue weighted by molar-refractivity contribution is 9.10. The number of nitrogen functional groups attached to an aromatic ring is 1. The predicted octanol–water partition coefficient (Wildman–Crippen LogP) is 3.89. The monoisotopic (exact) mass is 336 g/mol. The van der Waals surface area contributed by atoms with Crippen LogP contribution in [-0.4, -0.2) is 9.78 Å². The summed E-state index contributed by atoms with van der Waals surface area (Å²) in [7, 11) is 1.92. The molecule has 2 rings (SSSR count). The lowest BCUT2D eigenvalue weighted by Gasteiger charge is -2.16. The smallest absolute Gasteiger partial charge is 0.148 e. The second-order valence-corrected chi connectivity index (χ2v) is 5.92. The Balaban J connectivity index is 2.19. The molecular weight excluding hydrogens is 316 g/mol. The molecule has 5 heteroatoms. The number of halogens is 1.